The van der Waals surface area contributed by atoms with Gasteiger partial charge in [0.25, 0.3) is 0 Å². The van der Waals surface area contributed by atoms with Gasteiger partial charge in [0.1, 0.15) is 0 Å². The Balaban J connectivity index is 4.02. The molecule has 0 aliphatic heterocycles. The summed E-state index contributed by atoms with van der Waals surface area (Å²) in [5.74, 6) is -1.14. The molecule has 0 rings (SSSR count). The smallest absolute Gasteiger partial charge is 0.330 e. The molecule has 0 aliphatic rings. The third-order valence-electron chi connectivity index (χ3n) is 1.26. The van der Waals surface area contributed by atoms with E-state index in [0.717, 1.165) is 0 Å². The van der Waals surface area contributed by atoms with Crippen molar-refractivity contribution in [3.63, 3.8) is 0 Å². The molecule has 0 bridgehead atoms. The van der Waals surface area contributed by atoms with Crippen molar-refractivity contribution in [2.75, 3.05) is 27.8 Å². The Bertz CT molecular complexity index is 207. The number of nitrogens with zero attached hydrogens (tertiary/aromatic N) is 1. The van der Waals surface area contributed by atoms with Gasteiger partial charge < -0.3 is 15.2 Å². The molecule has 0 aromatic rings. The van der Waals surface area contributed by atoms with Crippen LogP contribution in [0.3, 0.4) is 0 Å². The van der Waals surface area contributed by atoms with Gasteiger partial charge in [-0.05, 0) is 0 Å². The lowest BCUT2D eigenvalue weighted by atomic mass is 10.3. The highest BCUT2D eigenvalue weighted by atomic mass is 16.5. The number of ether oxygens (including phenoxy) is 1. The lowest BCUT2D eigenvalue weighted by molar-refractivity contribution is -0.140. The molecule has 0 radical (unpaired) electrons. The van der Waals surface area contributed by atoms with Crippen molar-refractivity contribution in [3.05, 3.63) is 0 Å². The van der Waals surface area contributed by atoms with E-state index in [1.54, 1.807) is 14.1 Å². The first-order valence-electron chi connectivity index (χ1n) is 3.93. The van der Waals surface area contributed by atoms with Crippen molar-refractivity contribution in [2.45, 2.75) is 6.04 Å². The number of hydrazine groups is 1. The van der Waals surface area contributed by atoms with E-state index in [1.807, 2.05) is 0 Å². The van der Waals surface area contributed by atoms with E-state index >= 15 is 0 Å². The molecule has 0 saturated carbocycles. The van der Waals surface area contributed by atoms with Crippen molar-refractivity contribution in [2.24, 2.45) is 0 Å². The number of urea groups is 1. The zero-order valence-corrected chi connectivity index (χ0v) is 8.40. The molecule has 82 valence electrons. The fourth-order valence-corrected chi connectivity index (χ4v) is 0.735. The number of rotatable bonds is 5. The summed E-state index contributed by atoms with van der Waals surface area (Å²) >= 11 is 0. The summed E-state index contributed by atoms with van der Waals surface area (Å²) in [7, 11) is 4.60. The molecule has 7 heteroatoms. The van der Waals surface area contributed by atoms with Crippen LogP contribution < -0.4 is 10.7 Å². The molecule has 0 fully saturated rings. The van der Waals surface area contributed by atoms with Crippen LogP contribution in [0, 0.1) is 0 Å². The second-order valence-corrected chi connectivity index (χ2v) is 2.83. The van der Waals surface area contributed by atoms with Gasteiger partial charge in [0.2, 0.25) is 0 Å². The Kier molecular flexibility index (Phi) is 5.58. The van der Waals surface area contributed by atoms with Crippen LogP contribution in [0.5, 0.6) is 0 Å². The first-order chi connectivity index (χ1) is 6.47. The quantitative estimate of drug-likeness (QED) is 0.494. The molecule has 7 nitrogen and oxygen atoms in total. The van der Waals surface area contributed by atoms with Gasteiger partial charge in [0, 0.05) is 21.2 Å². The third kappa shape index (κ3) is 5.33. The zero-order chi connectivity index (χ0) is 11.1. The predicted octanol–water partition coefficient (Wildman–Crippen LogP) is -1.14. The lowest BCUT2D eigenvalue weighted by Crippen LogP contribution is -2.51. The molecular weight excluding hydrogens is 190 g/mol. The van der Waals surface area contributed by atoms with Gasteiger partial charge in [0.05, 0.1) is 6.61 Å². The van der Waals surface area contributed by atoms with Crippen LogP contribution in [0.2, 0.25) is 0 Å². The number of carboxylic acid groups (broad SMARTS) is 1. The molecule has 0 heterocycles. The minimum atomic E-state index is -1.14. The molecule has 2 amide bonds. The van der Waals surface area contributed by atoms with Crippen molar-refractivity contribution < 1.29 is 19.4 Å². The van der Waals surface area contributed by atoms with Crippen LogP contribution in [-0.4, -0.2) is 56.0 Å². The fourth-order valence-electron chi connectivity index (χ4n) is 0.735. The lowest BCUT2D eigenvalue weighted by Gasteiger charge is -2.16. The van der Waals surface area contributed by atoms with Crippen molar-refractivity contribution in [3.8, 4) is 0 Å². The SMILES string of the molecule is COCC(NC(=O)NN(C)C)C(=O)O. The number of methoxy groups -OCH3 is 1. The predicted molar refractivity (Wildman–Crippen MR) is 48.7 cm³/mol. The first kappa shape index (κ1) is 12.7. The molecule has 0 aromatic carbocycles. The minimum Gasteiger partial charge on any atom is -0.480 e. The standard InChI is InChI=1S/C7H15N3O4/c1-10(2)9-7(13)8-5(4-14-3)6(11)12/h5H,4H2,1-3H3,(H,11,12)(H2,8,9,13). The highest BCUT2D eigenvalue weighted by molar-refractivity contribution is 5.82. The van der Waals surface area contributed by atoms with E-state index < -0.39 is 18.0 Å². The van der Waals surface area contributed by atoms with Crippen LogP contribution >= 0.6 is 0 Å². The number of nitrogens with one attached hydrogen (secondary N) is 2. The highest BCUT2D eigenvalue weighted by Gasteiger charge is 2.19. The summed E-state index contributed by atoms with van der Waals surface area (Å²) in [6, 6.07) is -1.63. The average Bonchev–Trinajstić information content (AvgIpc) is 2.01. The van der Waals surface area contributed by atoms with Gasteiger partial charge in [-0.1, -0.05) is 0 Å². The second-order valence-electron chi connectivity index (χ2n) is 2.83. The molecular formula is C7H15N3O4. The number of aliphatic carboxylic acids is 1. The maximum atomic E-state index is 11.1. The van der Waals surface area contributed by atoms with Crippen molar-refractivity contribution >= 4 is 12.0 Å². The van der Waals surface area contributed by atoms with Crippen LogP contribution in [0.15, 0.2) is 0 Å². The van der Waals surface area contributed by atoms with Gasteiger partial charge in [-0.2, -0.15) is 0 Å². The summed E-state index contributed by atoms with van der Waals surface area (Å²) in [4.78, 5) is 21.6. The Morgan fingerprint density at radius 2 is 2.07 bits per heavy atom. The van der Waals surface area contributed by atoms with E-state index in [0.29, 0.717) is 0 Å². The topological polar surface area (TPSA) is 90.9 Å². The number of hydrogen-bond donors (Lipinski definition) is 3. The van der Waals surface area contributed by atoms with Gasteiger partial charge in [-0.25, -0.2) is 14.6 Å². The second kappa shape index (κ2) is 6.17. The van der Waals surface area contributed by atoms with Crippen LogP contribution in [-0.2, 0) is 9.53 Å². The van der Waals surface area contributed by atoms with Gasteiger partial charge in [-0.3, -0.25) is 5.43 Å². The monoisotopic (exact) mass is 205 g/mol. The Labute approximate surface area is 82.0 Å². The zero-order valence-electron chi connectivity index (χ0n) is 8.40. The molecule has 0 saturated heterocycles. The van der Waals surface area contributed by atoms with Crippen LogP contribution in [0.1, 0.15) is 0 Å². The normalized spacial score (nSPS) is 12.3. The minimum absolute atomic E-state index is 0.0732. The van der Waals surface area contributed by atoms with E-state index in [9.17, 15) is 9.59 Å². The molecule has 1 atom stereocenters. The molecule has 0 aliphatic carbocycles. The number of amides is 2. The number of carbonyl (C=O) groups excluding carboxylic acids is 1. The summed E-state index contributed by atoms with van der Waals surface area (Å²) in [6.07, 6.45) is 0. The highest BCUT2D eigenvalue weighted by Crippen LogP contribution is 1.85. The van der Waals surface area contributed by atoms with Crippen molar-refractivity contribution in [1.82, 2.24) is 15.8 Å². The summed E-state index contributed by atoms with van der Waals surface area (Å²) < 4.78 is 4.63. The van der Waals surface area contributed by atoms with Crippen LogP contribution in [0.4, 0.5) is 4.79 Å². The maximum Gasteiger partial charge on any atom is 0.330 e. The average molecular weight is 205 g/mol. The molecule has 1 unspecified atom stereocenters. The number of carboxylic acids is 1. The summed E-state index contributed by atoms with van der Waals surface area (Å²) in [6.45, 7) is -0.0732. The fraction of sp³-hybridized carbons (Fsp3) is 0.714. The van der Waals surface area contributed by atoms with E-state index in [2.05, 4.69) is 15.5 Å². The maximum absolute atomic E-state index is 11.1. The third-order valence-corrected chi connectivity index (χ3v) is 1.26. The van der Waals surface area contributed by atoms with Crippen molar-refractivity contribution in [1.29, 1.82) is 0 Å². The van der Waals surface area contributed by atoms with Gasteiger partial charge in [-0.15, -0.1) is 0 Å². The van der Waals surface area contributed by atoms with Crippen LogP contribution in [0.25, 0.3) is 0 Å². The Morgan fingerprint density at radius 1 is 1.50 bits per heavy atom. The summed E-state index contributed by atoms with van der Waals surface area (Å²) in [5, 5.41) is 12.3. The first-order valence-corrected chi connectivity index (χ1v) is 3.93. The van der Waals surface area contributed by atoms with E-state index in [-0.39, 0.29) is 6.61 Å². The molecule has 3 N–H and O–H groups in total. The van der Waals surface area contributed by atoms with E-state index in [4.69, 9.17) is 5.11 Å². The van der Waals surface area contributed by atoms with E-state index in [1.165, 1.54) is 12.1 Å². The number of carbonyl (C=O) groups is 2. The Hall–Kier alpha value is -1.34. The summed E-state index contributed by atoms with van der Waals surface area (Å²) in [5.41, 5.74) is 2.35. The number of hydrogen-bond acceptors (Lipinski definition) is 4. The molecule has 14 heavy (non-hydrogen) atoms. The molecule has 0 spiro atoms. The molecule has 0 aromatic heterocycles. The largest absolute Gasteiger partial charge is 0.480 e. The van der Waals surface area contributed by atoms with Gasteiger partial charge in [0.15, 0.2) is 6.04 Å². The van der Waals surface area contributed by atoms with Gasteiger partial charge >= 0.3 is 12.0 Å². The Morgan fingerprint density at radius 3 is 2.43 bits per heavy atom.